The van der Waals surface area contributed by atoms with Gasteiger partial charge < -0.3 is 15.7 Å². The van der Waals surface area contributed by atoms with Crippen LogP contribution in [-0.2, 0) is 0 Å². The minimum absolute atomic E-state index is 0.0688. The van der Waals surface area contributed by atoms with Gasteiger partial charge in [0.15, 0.2) is 0 Å². The third-order valence-corrected chi connectivity index (χ3v) is 3.56. The summed E-state index contributed by atoms with van der Waals surface area (Å²) in [7, 11) is 0. The van der Waals surface area contributed by atoms with Gasteiger partial charge in [-0.25, -0.2) is 0 Å². The number of carbonyl (C=O) groups is 1. The summed E-state index contributed by atoms with van der Waals surface area (Å²) in [6, 6.07) is 13.8. The van der Waals surface area contributed by atoms with Crippen LogP contribution in [0.5, 0.6) is 5.75 Å². The van der Waals surface area contributed by atoms with E-state index in [0.717, 1.165) is 5.56 Å². The van der Waals surface area contributed by atoms with Crippen LogP contribution in [0.25, 0.3) is 0 Å². The maximum atomic E-state index is 12.6. The van der Waals surface area contributed by atoms with Gasteiger partial charge in [0.1, 0.15) is 5.75 Å². The average Bonchev–Trinajstić information content (AvgIpc) is 2.47. The summed E-state index contributed by atoms with van der Waals surface area (Å²) >= 11 is 0. The number of anilines is 1. The Hall–Kier alpha value is -2.49. The van der Waals surface area contributed by atoms with Crippen LogP contribution in [0, 0.1) is 0 Å². The molecule has 2 aromatic rings. The maximum Gasteiger partial charge on any atom is 0.254 e. The topological polar surface area (TPSA) is 66.6 Å². The molecule has 1 amide bonds. The molecular formula is C17H20N2O2. The van der Waals surface area contributed by atoms with Crippen molar-refractivity contribution in [1.29, 1.82) is 0 Å². The number of phenols is 1. The largest absolute Gasteiger partial charge is 0.508 e. The first-order valence-corrected chi connectivity index (χ1v) is 6.98. The molecule has 0 saturated carbocycles. The molecule has 0 heterocycles. The van der Waals surface area contributed by atoms with E-state index in [0.29, 0.717) is 17.8 Å². The number of hydrogen-bond donors (Lipinski definition) is 2. The number of nitrogens with two attached hydrogens (primary N) is 1. The van der Waals surface area contributed by atoms with Crippen molar-refractivity contribution < 1.29 is 9.90 Å². The smallest absolute Gasteiger partial charge is 0.254 e. The van der Waals surface area contributed by atoms with Gasteiger partial charge in [-0.15, -0.1) is 0 Å². The van der Waals surface area contributed by atoms with E-state index in [1.54, 1.807) is 47.4 Å². The monoisotopic (exact) mass is 284 g/mol. The lowest BCUT2D eigenvalue weighted by Gasteiger charge is -2.28. The van der Waals surface area contributed by atoms with Crippen LogP contribution in [-0.4, -0.2) is 22.5 Å². The van der Waals surface area contributed by atoms with Crippen LogP contribution in [0.3, 0.4) is 0 Å². The van der Waals surface area contributed by atoms with Gasteiger partial charge in [-0.3, -0.25) is 4.79 Å². The fourth-order valence-electron chi connectivity index (χ4n) is 2.40. The van der Waals surface area contributed by atoms with Gasteiger partial charge in [-0.2, -0.15) is 0 Å². The van der Waals surface area contributed by atoms with Crippen molar-refractivity contribution in [2.45, 2.75) is 19.9 Å². The van der Waals surface area contributed by atoms with Gasteiger partial charge in [-0.05, 0) is 49.7 Å². The quantitative estimate of drug-likeness (QED) is 0.847. The molecule has 21 heavy (non-hydrogen) atoms. The molecule has 3 N–H and O–H groups in total. The zero-order valence-corrected chi connectivity index (χ0v) is 12.3. The Morgan fingerprint density at radius 3 is 2.57 bits per heavy atom. The van der Waals surface area contributed by atoms with Crippen molar-refractivity contribution in [3.05, 3.63) is 59.7 Å². The number of aromatic hydroxyl groups is 1. The number of rotatable bonds is 4. The van der Waals surface area contributed by atoms with Gasteiger partial charge in [-0.1, -0.05) is 18.2 Å². The first-order chi connectivity index (χ1) is 10.0. The van der Waals surface area contributed by atoms with Crippen LogP contribution in [0.15, 0.2) is 48.5 Å². The highest BCUT2D eigenvalue weighted by molar-refractivity contribution is 5.95. The molecule has 0 spiro atoms. The van der Waals surface area contributed by atoms with Crippen molar-refractivity contribution in [2.24, 2.45) is 0 Å². The molecule has 0 radical (unpaired) electrons. The molecule has 0 bridgehead atoms. The summed E-state index contributed by atoms with van der Waals surface area (Å²) in [6.07, 6.45) is 0. The number of amides is 1. The highest BCUT2D eigenvalue weighted by atomic mass is 16.3. The molecule has 1 atom stereocenters. The fraction of sp³-hybridized carbons (Fsp3) is 0.235. The van der Waals surface area contributed by atoms with E-state index < -0.39 is 0 Å². The lowest BCUT2D eigenvalue weighted by molar-refractivity contribution is 0.0702. The second kappa shape index (κ2) is 6.31. The van der Waals surface area contributed by atoms with Crippen molar-refractivity contribution in [3.8, 4) is 5.75 Å². The summed E-state index contributed by atoms with van der Waals surface area (Å²) in [5.41, 5.74) is 7.78. The van der Waals surface area contributed by atoms with Gasteiger partial charge in [0.2, 0.25) is 0 Å². The Morgan fingerprint density at radius 2 is 1.95 bits per heavy atom. The van der Waals surface area contributed by atoms with Crippen molar-refractivity contribution >= 4 is 11.6 Å². The van der Waals surface area contributed by atoms with Crippen LogP contribution >= 0.6 is 0 Å². The Balaban J connectivity index is 2.28. The van der Waals surface area contributed by atoms with Crippen LogP contribution in [0.1, 0.15) is 35.8 Å². The number of nitrogen functional groups attached to an aromatic ring is 1. The molecule has 4 nitrogen and oxygen atoms in total. The summed E-state index contributed by atoms with van der Waals surface area (Å²) < 4.78 is 0. The van der Waals surface area contributed by atoms with E-state index in [9.17, 15) is 9.90 Å². The summed E-state index contributed by atoms with van der Waals surface area (Å²) in [6.45, 7) is 4.45. The summed E-state index contributed by atoms with van der Waals surface area (Å²) in [5, 5.41) is 9.59. The predicted octanol–water partition coefficient (Wildman–Crippen LogP) is 3.20. The zero-order valence-electron chi connectivity index (χ0n) is 12.3. The maximum absolute atomic E-state index is 12.6. The molecule has 1 unspecified atom stereocenters. The standard InChI is InChI=1S/C17H20N2O2/c1-3-19(12(2)13-6-5-9-16(20)11-13)17(21)14-7-4-8-15(18)10-14/h4-12,20H,3,18H2,1-2H3. The normalized spacial score (nSPS) is 11.9. The molecule has 0 aliphatic rings. The number of phenolic OH excluding ortho intramolecular Hbond substituents is 1. The minimum Gasteiger partial charge on any atom is -0.508 e. The highest BCUT2D eigenvalue weighted by Gasteiger charge is 2.21. The zero-order chi connectivity index (χ0) is 15.4. The predicted molar refractivity (Wildman–Crippen MR) is 84.1 cm³/mol. The first-order valence-electron chi connectivity index (χ1n) is 6.98. The lowest BCUT2D eigenvalue weighted by atomic mass is 10.0. The van der Waals surface area contributed by atoms with E-state index in [2.05, 4.69) is 0 Å². The second-order valence-electron chi connectivity index (χ2n) is 4.99. The summed E-state index contributed by atoms with van der Waals surface area (Å²) in [5.74, 6) is 0.132. The number of nitrogens with zero attached hydrogens (tertiary/aromatic N) is 1. The molecule has 0 saturated heterocycles. The second-order valence-corrected chi connectivity index (χ2v) is 4.99. The third kappa shape index (κ3) is 3.34. The lowest BCUT2D eigenvalue weighted by Crippen LogP contribution is -2.33. The molecule has 110 valence electrons. The number of benzene rings is 2. The van der Waals surface area contributed by atoms with Crippen LogP contribution < -0.4 is 5.73 Å². The van der Waals surface area contributed by atoms with Gasteiger partial charge in [0.25, 0.3) is 5.91 Å². The van der Waals surface area contributed by atoms with Crippen LogP contribution in [0.2, 0.25) is 0 Å². The molecular weight excluding hydrogens is 264 g/mol. The van der Waals surface area contributed by atoms with Crippen LogP contribution in [0.4, 0.5) is 5.69 Å². The minimum atomic E-state index is -0.129. The van der Waals surface area contributed by atoms with E-state index in [-0.39, 0.29) is 17.7 Å². The molecule has 2 aromatic carbocycles. The van der Waals surface area contributed by atoms with Gasteiger partial charge >= 0.3 is 0 Å². The number of carbonyl (C=O) groups excluding carboxylic acids is 1. The highest BCUT2D eigenvalue weighted by Crippen LogP contribution is 2.25. The summed E-state index contributed by atoms with van der Waals surface area (Å²) in [4.78, 5) is 14.4. The molecule has 2 rings (SSSR count). The molecule has 0 aliphatic heterocycles. The van der Waals surface area contributed by atoms with Crippen molar-refractivity contribution in [1.82, 2.24) is 4.90 Å². The number of hydrogen-bond acceptors (Lipinski definition) is 3. The Labute approximate surface area is 124 Å². The third-order valence-electron chi connectivity index (χ3n) is 3.56. The Morgan fingerprint density at radius 1 is 1.24 bits per heavy atom. The Kier molecular flexibility index (Phi) is 4.48. The van der Waals surface area contributed by atoms with Crippen molar-refractivity contribution in [3.63, 3.8) is 0 Å². The SMILES string of the molecule is CCN(C(=O)c1cccc(N)c1)C(C)c1cccc(O)c1. The molecule has 0 aromatic heterocycles. The van der Waals surface area contributed by atoms with Gasteiger partial charge in [0.05, 0.1) is 6.04 Å². The molecule has 0 fully saturated rings. The van der Waals surface area contributed by atoms with E-state index in [4.69, 9.17) is 5.73 Å². The fourth-order valence-corrected chi connectivity index (χ4v) is 2.40. The van der Waals surface area contributed by atoms with E-state index in [1.807, 2.05) is 19.9 Å². The molecule has 0 aliphatic carbocycles. The average molecular weight is 284 g/mol. The van der Waals surface area contributed by atoms with E-state index >= 15 is 0 Å². The molecule has 4 heteroatoms. The Bertz CT molecular complexity index is 640. The van der Waals surface area contributed by atoms with Crippen molar-refractivity contribution in [2.75, 3.05) is 12.3 Å². The van der Waals surface area contributed by atoms with E-state index in [1.165, 1.54) is 0 Å². The van der Waals surface area contributed by atoms with Gasteiger partial charge in [0, 0.05) is 17.8 Å². The first kappa shape index (κ1) is 14.9.